The lowest BCUT2D eigenvalue weighted by molar-refractivity contribution is -0.138. The average molecular weight is 218 g/mol. The summed E-state index contributed by atoms with van der Waals surface area (Å²) in [7, 11) is 0. The Kier molecular flexibility index (Phi) is 3.44. The fourth-order valence-corrected chi connectivity index (χ4v) is 2.61. The van der Waals surface area contributed by atoms with Gasteiger partial charge in [-0.3, -0.25) is 4.79 Å². The van der Waals surface area contributed by atoms with Crippen LogP contribution in [0.2, 0.25) is 0 Å². The smallest absolute Gasteiger partial charge is 0.304 e. The quantitative estimate of drug-likeness (QED) is 0.618. The van der Waals surface area contributed by atoms with E-state index in [-0.39, 0.29) is 16.7 Å². The lowest BCUT2D eigenvalue weighted by Gasteiger charge is -2.42. The molecule has 0 aliphatic carbocycles. The number of aliphatic carboxylic acids is 1. The molecular weight excluding hydrogens is 200 g/mol. The Morgan fingerprint density at radius 1 is 1.64 bits per heavy atom. The van der Waals surface area contributed by atoms with Gasteiger partial charge in [-0.15, -0.1) is 11.8 Å². The highest BCUT2D eigenvalue weighted by atomic mass is 32.2. The summed E-state index contributed by atoms with van der Waals surface area (Å²) in [6.07, 6.45) is 0.223. The van der Waals surface area contributed by atoms with Crippen molar-refractivity contribution in [3.63, 3.8) is 0 Å². The van der Waals surface area contributed by atoms with E-state index in [1.807, 2.05) is 13.8 Å². The van der Waals surface area contributed by atoms with Crippen molar-refractivity contribution in [3.05, 3.63) is 0 Å². The van der Waals surface area contributed by atoms with Gasteiger partial charge in [0.25, 0.3) is 0 Å². The molecule has 0 atom stereocenters. The molecule has 0 unspecified atom stereocenters. The van der Waals surface area contributed by atoms with Crippen molar-refractivity contribution in [3.8, 4) is 0 Å². The standard InChI is InChI=1S/C9H18N2O2S/c1-8(2,10)6-14-9(3-7(12)13)4-11-5-9/h11H,3-6,10H2,1-2H3,(H,12,13). The number of nitrogens with two attached hydrogens (primary N) is 1. The minimum Gasteiger partial charge on any atom is -0.481 e. The van der Waals surface area contributed by atoms with Crippen LogP contribution in [-0.2, 0) is 4.79 Å². The normalized spacial score (nSPS) is 20.2. The summed E-state index contributed by atoms with van der Waals surface area (Å²) in [5.74, 6) is 0.0657. The Bertz CT molecular complexity index is 221. The Morgan fingerprint density at radius 3 is 2.50 bits per heavy atom. The lowest BCUT2D eigenvalue weighted by Crippen LogP contribution is -2.59. The molecule has 82 valence electrons. The summed E-state index contributed by atoms with van der Waals surface area (Å²) >= 11 is 1.68. The van der Waals surface area contributed by atoms with Gasteiger partial charge in [0.15, 0.2) is 0 Å². The molecule has 1 heterocycles. The second-order valence-corrected chi connectivity index (χ2v) is 6.08. The molecule has 0 aromatic heterocycles. The van der Waals surface area contributed by atoms with Crippen LogP contribution in [0, 0.1) is 0 Å². The van der Waals surface area contributed by atoms with Crippen molar-refractivity contribution in [1.29, 1.82) is 0 Å². The first kappa shape index (κ1) is 11.8. The van der Waals surface area contributed by atoms with Crippen LogP contribution in [0.3, 0.4) is 0 Å². The van der Waals surface area contributed by atoms with E-state index < -0.39 is 5.97 Å². The van der Waals surface area contributed by atoms with Gasteiger partial charge in [0.1, 0.15) is 0 Å². The van der Waals surface area contributed by atoms with Gasteiger partial charge in [-0.05, 0) is 13.8 Å². The molecule has 1 aliphatic heterocycles. The number of carbonyl (C=O) groups is 1. The van der Waals surface area contributed by atoms with E-state index in [1.165, 1.54) is 0 Å². The third-order valence-corrected chi connectivity index (χ3v) is 4.05. The van der Waals surface area contributed by atoms with Gasteiger partial charge < -0.3 is 16.2 Å². The largest absolute Gasteiger partial charge is 0.481 e. The third kappa shape index (κ3) is 3.48. The van der Waals surface area contributed by atoms with Crippen molar-refractivity contribution in [2.45, 2.75) is 30.6 Å². The van der Waals surface area contributed by atoms with E-state index in [2.05, 4.69) is 5.32 Å². The van der Waals surface area contributed by atoms with Crippen molar-refractivity contribution in [2.75, 3.05) is 18.8 Å². The zero-order chi connectivity index (χ0) is 10.8. The van der Waals surface area contributed by atoms with Crippen LogP contribution in [0.25, 0.3) is 0 Å². The van der Waals surface area contributed by atoms with E-state index in [1.54, 1.807) is 11.8 Å². The molecule has 0 radical (unpaired) electrons. The first-order valence-corrected chi connectivity index (χ1v) is 5.67. The summed E-state index contributed by atoms with van der Waals surface area (Å²) in [6, 6.07) is 0. The maximum absolute atomic E-state index is 10.7. The lowest BCUT2D eigenvalue weighted by atomic mass is 9.98. The highest BCUT2D eigenvalue weighted by molar-refractivity contribution is 8.00. The molecule has 1 aliphatic rings. The van der Waals surface area contributed by atoms with Crippen molar-refractivity contribution >= 4 is 17.7 Å². The number of rotatable bonds is 5. The molecule has 1 fully saturated rings. The van der Waals surface area contributed by atoms with E-state index in [9.17, 15) is 4.79 Å². The predicted octanol–water partition coefficient (Wildman–Crippen LogP) is 0.274. The average Bonchev–Trinajstić information content (AvgIpc) is 1.92. The number of carboxylic acids is 1. The van der Waals surface area contributed by atoms with Crippen LogP contribution >= 0.6 is 11.8 Å². The molecule has 1 rings (SSSR count). The summed E-state index contributed by atoms with van der Waals surface area (Å²) in [4.78, 5) is 10.7. The Hall–Kier alpha value is -0.260. The van der Waals surface area contributed by atoms with Crippen molar-refractivity contribution in [1.82, 2.24) is 5.32 Å². The molecule has 14 heavy (non-hydrogen) atoms. The third-order valence-electron chi connectivity index (χ3n) is 2.12. The maximum Gasteiger partial charge on any atom is 0.304 e. The summed E-state index contributed by atoms with van der Waals surface area (Å²) in [6.45, 7) is 5.47. The minimum absolute atomic E-state index is 0.123. The first-order valence-electron chi connectivity index (χ1n) is 4.68. The second kappa shape index (κ2) is 4.08. The number of hydrogen-bond donors (Lipinski definition) is 3. The number of carboxylic acid groups (broad SMARTS) is 1. The summed E-state index contributed by atoms with van der Waals surface area (Å²) < 4.78 is -0.123. The molecule has 0 saturated carbocycles. The van der Waals surface area contributed by atoms with Crippen LogP contribution in [0.1, 0.15) is 20.3 Å². The van der Waals surface area contributed by atoms with Crippen LogP contribution < -0.4 is 11.1 Å². The topological polar surface area (TPSA) is 75.4 Å². The molecule has 4 nitrogen and oxygen atoms in total. The zero-order valence-electron chi connectivity index (χ0n) is 8.67. The van der Waals surface area contributed by atoms with E-state index >= 15 is 0 Å². The van der Waals surface area contributed by atoms with Gasteiger partial charge in [0, 0.05) is 24.4 Å². The van der Waals surface area contributed by atoms with Crippen LogP contribution in [0.15, 0.2) is 0 Å². The molecule has 0 bridgehead atoms. The summed E-state index contributed by atoms with van der Waals surface area (Å²) in [5.41, 5.74) is 5.63. The molecule has 4 N–H and O–H groups in total. The molecule has 0 spiro atoms. The summed E-state index contributed by atoms with van der Waals surface area (Å²) in [5, 5.41) is 11.9. The van der Waals surface area contributed by atoms with E-state index in [4.69, 9.17) is 10.8 Å². The van der Waals surface area contributed by atoms with Crippen LogP contribution in [-0.4, -0.2) is 40.2 Å². The highest BCUT2D eigenvalue weighted by Gasteiger charge is 2.40. The Morgan fingerprint density at radius 2 is 2.21 bits per heavy atom. The highest BCUT2D eigenvalue weighted by Crippen LogP contribution is 2.34. The zero-order valence-corrected chi connectivity index (χ0v) is 9.49. The SMILES string of the molecule is CC(C)(N)CSC1(CC(=O)O)CNC1. The van der Waals surface area contributed by atoms with Gasteiger partial charge in [0.2, 0.25) is 0 Å². The molecule has 0 aromatic rings. The van der Waals surface area contributed by atoms with Gasteiger partial charge in [-0.25, -0.2) is 0 Å². The monoisotopic (exact) mass is 218 g/mol. The van der Waals surface area contributed by atoms with Gasteiger partial charge >= 0.3 is 5.97 Å². The Balaban J connectivity index is 2.42. The van der Waals surface area contributed by atoms with Gasteiger partial charge in [0.05, 0.1) is 11.2 Å². The minimum atomic E-state index is -0.728. The molecule has 0 amide bonds. The van der Waals surface area contributed by atoms with Gasteiger partial charge in [-0.1, -0.05) is 0 Å². The molecule has 0 aromatic carbocycles. The van der Waals surface area contributed by atoms with E-state index in [0.29, 0.717) is 0 Å². The molecular formula is C9H18N2O2S. The first-order chi connectivity index (χ1) is 6.33. The van der Waals surface area contributed by atoms with Crippen molar-refractivity contribution < 1.29 is 9.90 Å². The second-order valence-electron chi connectivity index (χ2n) is 4.63. The molecule has 1 saturated heterocycles. The predicted molar refractivity (Wildman–Crippen MR) is 58.6 cm³/mol. The number of hydrogen-bond acceptors (Lipinski definition) is 4. The number of thioether (sulfide) groups is 1. The fraction of sp³-hybridized carbons (Fsp3) is 0.889. The molecule has 5 heteroatoms. The fourth-order valence-electron chi connectivity index (χ4n) is 1.30. The maximum atomic E-state index is 10.7. The van der Waals surface area contributed by atoms with E-state index in [0.717, 1.165) is 18.8 Å². The van der Waals surface area contributed by atoms with Gasteiger partial charge in [-0.2, -0.15) is 0 Å². The number of nitrogens with one attached hydrogen (secondary N) is 1. The van der Waals surface area contributed by atoms with Crippen LogP contribution in [0.4, 0.5) is 0 Å². The van der Waals surface area contributed by atoms with Crippen LogP contribution in [0.5, 0.6) is 0 Å². The van der Waals surface area contributed by atoms with Crippen molar-refractivity contribution in [2.24, 2.45) is 5.73 Å². The Labute approximate surface area is 88.6 Å².